The maximum absolute atomic E-state index is 11.7. The lowest BCUT2D eigenvalue weighted by Gasteiger charge is -2.20. The van der Waals surface area contributed by atoms with Crippen molar-refractivity contribution in [2.75, 3.05) is 17.9 Å². The van der Waals surface area contributed by atoms with E-state index in [9.17, 15) is 4.79 Å². The van der Waals surface area contributed by atoms with E-state index in [1.54, 1.807) is 0 Å². The molecule has 0 N–H and O–H groups in total. The van der Waals surface area contributed by atoms with Gasteiger partial charge in [0, 0.05) is 28.7 Å². The minimum Gasteiger partial charge on any atom is -0.345 e. The van der Waals surface area contributed by atoms with Crippen LogP contribution in [0, 0.1) is 13.8 Å². The lowest BCUT2D eigenvalue weighted by molar-refractivity contribution is 0.102. The average molecular weight is 274 g/mol. The zero-order valence-corrected chi connectivity index (χ0v) is 12.5. The molecule has 1 heterocycles. The van der Waals surface area contributed by atoms with Gasteiger partial charge in [0.05, 0.1) is 5.88 Å². The molecule has 0 radical (unpaired) electrons. The Labute approximate surface area is 113 Å². The first kappa shape index (κ1) is 14.7. The van der Waals surface area contributed by atoms with Crippen LogP contribution in [0.4, 0.5) is 0 Å². The zero-order chi connectivity index (χ0) is 13.0. The van der Waals surface area contributed by atoms with Crippen LogP contribution in [0.3, 0.4) is 0 Å². The SMILES string of the molecule is CCC(CSC)n1c(C)cc(C(=O)CCl)c1C. The van der Waals surface area contributed by atoms with Crippen LogP contribution in [-0.4, -0.2) is 28.2 Å². The standard InChI is InChI=1S/C13H20ClNOS/c1-5-11(8-17-4)15-9(2)6-12(10(15)3)13(16)7-14/h6,11H,5,7-8H2,1-4H3. The fraction of sp³-hybridized carbons (Fsp3) is 0.615. The van der Waals surface area contributed by atoms with E-state index in [0.717, 1.165) is 29.1 Å². The first-order valence-corrected chi connectivity index (χ1v) is 7.76. The van der Waals surface area contributed by atoms with Crippen molar-refractivity contribution >= 4 is 29.1 Å². The molecule has 2 nitrogen and oxygen atoms in total. The van der Waals surface area contributed by atoms with Crippen LogP contribution in [0.2, 0.25) is 0 Å². The fourth-order valence-electron chi connectivity index (χ4n) is 2.26. The van der Waals surface area contributed by atoms with Gasteiger partial charge in [-0.3, -0.25) is 4.79 Å². The molecule has 0 saturated carbocycles. The largest absolute Gasteiger partial charge is 0.345 e. The molecule has 1 aromatic heterocycles. The minimum absolute atomic E-state index is 0.0185. The van der Waals surface area contributed by atoms with Crippen LogP contribution in [0.15, 0.2) is 6.07 Å². The van der Waals surface area contributed by atoms with Crippen LogP contribution in [-0.2, 0) is 0 Å². The molecule has 0 bridgehead atoms. The maximum atomic E-state index is 11.7. The number of halogens is 1. The lowest BCUT2D eigenvalue weighted by Crippen LogP contribution is -2.14. The number of carbonyl (C=O) groups excluding carboxylic acids is 1. The molecule has 1 aromatic rings. The number of rotatable bonds is 6. The molecule has 0 aromatic carbocycles. The molecule has 0 fully saturated rings. The van der Waals surface area contributed by atoms with Crippen molar-refractivity contribution in [2.45, 2.75) is 33.2 Å². The first-order chi connectivity index (χ1) is 8.06. The normalized spacial score (nSPS) is 12.8. The summed E-state index contributed by atoms with van der Waals surface area (Å²) >= 11 is 7.47. The van der Waals surface area contributed by atoms with E-state index >= 15 is 0 Å². The minimum atomic E-state index is 0.0185. The molecular weight excluding hydrogens is 254 g/mol. The Balaban J connectivity index is 3.15. The Kier molecular flexibility index (Phi) is 5.60. The summed E-state index contributed by atoms with van der Waals surface area (Å²) in [5.74, 6) is 1.15. The quantitative estimate of drug-likeness (QED) is 0.580. The molecule has 1 rings (SSSR count). The van der Waals surface area contributed by atoms with E-state index < -0.39 is 0 Å². The number of ketones is 1. The third-order valence-corrected chi connectivity index (χ3v) is 4.06. The van der Waals surface area contributed by atoms with Gasteiger partial charge in [-0.2, -0.15) is 11.8 Å². The van der Waals surface area contributed by atoms with E-state index in [4.69, 9.17) is 11.6 Å². The van der Waals surface area contributed by atoms with Gasteiger partial charge in [-0.1, -0.05) is 6.92 Å². The highest BCUT2D eigenvalue weighted by Gasteiger charge is 2.19. The number of aryl methyl sites for hydroxylation is 1. The van der Waals surface area contributed by atoms with Crippen molar-refractivity contribution in [3.63, 3.8) is 0 Å². The lowest BCUT2D eigenvalue weighted by atomic mass is 10.2. The molecule has 0 amide bonds. The highest BCUT2D eigenvalue weighted by atomic mass is 35.5. The van der Waals surface area contributed by atoms with Crippen LogP contribution in [0.1, 0.15) is 41.1 Å². The molecule has 4 heteroatoms. The van der Waals surface area contributed by atoms with Gasteiger partial charge in [0.15, 0.2) is 5.78 Å². The van der Waals surface area contributed by atoms with Crippen molar-refractivity contribution in [3.8, 4) is 0 Å². The van der Waals surface area contributed by atoms with Gasteiger partial charge in [-0.05, 0) is 32.6 Å². The number of alkyl halides is 1. The Hall–Kier alpha value is -0.410. The van der Waals surface area contributed by atoms with Gasteiger partial charge in [-0.25, -0.2) is 0 Å². The highest BCUT2D eigenvalue weighted by Crippen LogP contribution is 2.25. The van der Waals surface area contributed by atoms with Gasteiger partial charge in [0.1, 0.15) is 0 Å². The number of carbonyl (C=O) groups is 1. The third-order valence-electron chi connectivity index (χ3n) is 3.10. The van der Waals surface area contributed by atoms with Crippen molar-refractivity contribution in [2.24, 2.45) is 0 Å². The average Bonchev–Trinajstić information content (AvgIpc) is 2.61. The summed E-state index contributed by atoms with van der Waals surface area (Å²) in [7, 11) is 0. The number of hydrogen-bond acceptors (Lipinski definition) is 2. The first-order valence-electron chi connectivity index (χ1n) is 5.83. The molecule has 0 aliphatic rings. The molecule has 0 saturated heterocycles. The highest BCUT2D eigenvalue weighted by molar-refractivity contribution is 7.98. The van der Waals surface area contributed by atoms with E-state index in [0.29, 0.717) is 6.04 Å². The van der Waals surface area contributed by atoms with Crippen molar-refractivity contribution in [3.05, 3.63) is 23.0 Å². The zero-order valence-electron chi connectivity index (χ0n) is 10.9. The maximum Gasteiger partial charge on any atom is 0.179 e. The number of hydrogen-bond donors (Lipinski definition) is 0. The van der Waals surface area contributed by atoms with Crippen LogP contribution in [0.5, 0.6) is 0 Å². The summed E-state index contributed by atoms with van der Waals surface area (Å²) in [4.78, 5) is 11.7. The fourth-order valence-corrected chi connectivity index (χ4v) is 3.17. The second-order valence-electron chi connectivity index (χ2n) is 4.23. The molecule has 1 unspecified atom stereocenters. The number of aromatic nitrogens is 1. The number of nitrogens with zero attached hydrogens (tertiary/aromatic N) is 1. The smallest absolute Gasteiger partial charge is 0.179 e. The van der Waals surface area contributed by atoms with Gasteiger partial charge in [0.2, 0.25) is 0 Å². The molecule has 96 valence electrons. The topological polar surface area (TPSA) is 22.0 Å². The van der Waals surface area contributed by atoms with Crippen LogP contribution >= 0.6 is 23.4 Å². The Morgan fingerprint density at radius 1 is 1.53 bits per heavy atom. The van der Waals surface area contributed by atoms with Gasteiger partial charge in [0.25, 0.3) is 0 Å². The predicted octanol–water partition coefficient (Wildman–Crippen LogP) is 3.84. The molecule has 0 aliphatic heterocycles. The van der Waals surface area contributed by atoms with Crippen LogP contribution in [0.25, 0.3) is 0 Å². The summed E-state index contributed by atoms with van der Waals surface area (Å²) in [6.45, 7) is 6.25. The van der Waals surface area contributed by atoms with Crippen LogP contribution < -0.4 is 0 Å². The summed E-state index contributed by atoms with van der Waals surface area (Å²) < 4.78 is 2.27. The second kappa shape index (κ2) is 6.50. The second-order valence-corrected chi connectivity index (χ2v) is 5.41. The molecular formula is C13H20ClNOS. The van der Waals surface area contributed by atoms with Crippen molar-refractivity contribution in [1.29, 1.82) is 0 Å². The Morgan fingerprint density at radius 3 is 2.65 bits per heavy atom. The van der Waals surface area contributed by atoms with Gasteiger partial charge >= 0.3 is 0 Å². The summed E-state index contributed by atoms with van der Waals surface area (Å²) in [6.07, 6.45) is 3.19. The van der Waals surface area contributed by atoms with E-state index in [1.807, 2.05) is 24.8 Å². The number of Topliss-reactive ketones (excluding diaryl/α,β-unsaturated/α-hetero) is 1. The molecule has 0 aliphatic carbocycles. The van der Waals surface area contributed by atoms with E-state index in [-0.39, 0.29) is 11.7 Å². The molecule has 0 spiro atoms. The van der Waals surface area contributed by atoms with Crippen molar-refractivity contribution in [1.82, 2.24) is 4.57 Å². The van der Waals surface area contributed by atoms with Gasteiger partial charge < -0.3 is 4.57 Å². The summed E-state index contributed by atoms with van der Waals surface area (Å²) in [5.41, 5.74) is 2.97. The van der Waals surface area contributed by atoms with E-state index in [1.165, 1.54) is 0 Å². The van der Waals surface area contributed by atoms with Gasteiger partial charge in [-0.15, -0.1) is 11.6 Å². The molecule has 17 heavy (non-hydrogen) atoms. The summed E-state index contributed by atoms with van der Waals surface area (Å²) in [6, 6.07) is 2.42. The van der Waals surface area contributed by atoms with Crippen molar-refractivity contribution < 1.29 is 4.79 Å². The Morgan fingerprint density at radius 2 is 2.18 bits per heavy atom. The third kappa shape index (κ3) is 3.08. The summed E-state index contributed by atoms with van der Waals surface area (Å²) in [5, 5.41) is 0. The predicted molar refractivity (Wildman–Crippen MR) is 76.7 cm³/mol. The number of thioether (sulfide) groups is 1. The molecule has 1 atom stereocenters. The Bertz CT molecular complexity index is 400. The monoisotopic (exact) mass is 273 g/mol. The van der Waals surface area contributed by atoms with E-state index in [2.05, 4.69) is 24.7 Å².